The van der Waals surface area contributed by atoms with Crippen LogP contribution in [-0.4, -0.2) is 25.2 Å². The SMILES string of the molecule is CCCCCC(O)S(C)(=O)=O. The minimum atomic E-state index is -3.23. The van der Waals surface area contributed by atoms with E-state index in [1.54, 1.807) is 0 Å². The van der Waals surface area contributed by atoms with Gasteiger partial charge in [0.2, 0.25) is 0 Å². The molecule has 0 aliphatic heterocycles. The van der Waals surface area contributed by atoms with Gasteiger partial charge in [0.25, 0.3) is 0 Å². The maximum Gasteiger partial charge on any atom is 0.173 e. The van der Waals surface area contributed by atoms with Gasteiger partial charge in [0.15, 0.2) is 15.3 Å². The van der Waals surface area contributed by atoms with Crippen LogP contribution in [0.15, 0.2) is 0 Å². The molecule has 68 valence electrons. The van der Waals surface area contributed by atoms with Crippen molar-refractivity contribution < 1.29 is 13.5 Å². The van der Waals surface area contributed by atoms with Crippen molar-refractivity contribution in [3.63, 3.8) is 0 Å². The molecule has 0 rings (SSSR count). The van der Waals surface area contributed by atoms with E-state index < -0.39 is 15.3 Å². The molecular weight excluding hydrogens is 164 g/mol. The molecule has 3 nitrogen and oxygen atoms in total. The minimum Gasteiger partial charge on any atom is -0.377 e. The van der Waals surface area contributed by atoms with Crippen molar-refractivity contribution in [3.05, 3.63) is 0 Å². The smallest absolute Gasteiger partial charge is 0.173 e. The Bertz CT molecular complexity index is 184. The van der Waals surface area contributed by atoms with Crippen molar-refractivity contribution in [2.75, 3.05) is 6.26 Å². The lowest BCUT2D eigenvalue weighted by Crippen LogP contribution is -2.18. The molecule has 0 heterocycles. The molecule has 0 saturated carbocycles. The Hall–Kier alpha value is -0.0900. The fourth-order valence-corrected chi connectivity index (χ4v) is 1.38. The Morgan fingerprint density at radius 2 is 1.91 bits per heavy atom. The van der Waals surface area contributed by atoms with Gasteiger partial charge in [-0.15, -0.1) is 0 Å². The molecular formula is C7H16O3S. The highest BCUT2D eigenvalue weighted by Crippen LogP contribution is 2.07. The third-order valence-corrected chi connectivity index (χ3v) is 2.77. The standard InChI is InChI=1S/C7H16O3S/c1-3-4-5-6-7(8)11(2,9)10/h7-8H,3-6H2,1-2H3. The number of hydrogen-bond acceptors (Lipinski definition) is 3. The molecule has 0 bridgehead atoms. The van der Waals surface area contributed by atoms with E-state index in [0.717, 1.165) is 25.5 Å². The van der Waals surface area contributed by atoms with Gasteiger partial charge < -0.3 is 5.11 Å². The van der Waals surface area contributed by atoms with Crippen LogP contribution < -0.4 is 0 Å². The second-order valence-electron chi connectivity index (χ2n) is 2.78. The summed E-state index contributed by atoms with van der Waals surface area (Å²) in [5, 5.41) is 9.02. The molecule has 4 heteroatoms. The van der Waals surface area contributed by atoms with Gasteiger partial charge in [-0.25, -0.2) is 8.42 Å². The lowest BCUT2D eigenvalue weighted by atomic mass is 10.2. The number of aliphatic hydroxyl groups excluding tert-OH is 1. The zero-order chi connectivity index (χ0) is 8.91. The van der Waals surface area contributed by atoms with E-state index in [0.29, 0.717) is 6.42 Å². The zero-order valence-electron chi connectivity index (χ0n) is 7.08. The van der Waals surface area contributed by atoms with E-state index in [1.165, 1.54) is 0 Å². The first-order valence-corrected chi connectivity index (χ1v) is 5.81. The van der Waals surface area contributed by atoms with E-state index >= 15 is 0 Å². The summed E-state index contributed by atoms with van der Waals surface area (Å²) < 4.78 is 21.4. The molecule has 1 atom stereocenters. The lowest BCUT2D eigenvalue weighted by molar-refractivity contribution is 0.235. The fraction of sp³-hybridized carbons (Fsp3) is 1.00. The van der Waals surface area contributed by atoms with Gasteiger partial charge in [0.05, 0.1) is 0 Å². The maximum absolute atomic E-state index is 10.7. The van der Waals surface area contributed by atoms with Crippen LogP contribution in [0.1, 0.15) is 32.6 Å². The van der Waals surface area contributed by atoms with Gasteiger partial charge >= 0.3 is 0 Å². The van der Waals surface area contributed by atoms with Crippen LogP contribution in [0.3, 0.4) is 0 Å². The molecule has 0 aliphatic rings. The van der Waals surface area contributed by atoms with Gasteiger partial charge in [-0.2, -0.15) is 0 Å². The fourth-order valence-electron chi connectivity index (χ4n) is 0.783. The Labute approximate surface area is 68.3 Å². The number of aliphatic hydroxyl groups is 1. The van der Waals surface area contributed by atoms with E-state index in [2.05, 4.69) is 0 Å². The molecule has 0 aromatic carbocycles. The summed E-state index contributed by atoms with van der Waals surface area (Å²) in [4.78, 5) is 0. The van der Waals surface area contributed by atoms with Crippen LogP contribution in [0.25, 0.3) is 0 Å². The molecule has 0 fully saturated rings. The highest BCUT2D eigenvalue weighted by atomic mass is 32.2. The number of rotatable bonds is 5. The summed E-state index contributed by atoms with van der Waals surface area (Å²) in [7, 11) is -3.23. The third kappa shape index (κ3) is 5.21. The highest BCUT2D eigenvalue weighted by molar-refractivity contribution is 7.91. The van der Waals surface area contributed by atoms with Crippen LogP contribution in [0, 0.1) is 0 Å². The topological polar surface area (TPSA) is 54.4 Å². The molecule has 0 aromatic rings. The Morgan fingerprint density at radius 1 is 1.36 bits per heavy atom. The second-order valence-corrected chi connectivity index (χ2v) is 4.98. The van der Waals surface area contributed by atoms with Crippen molar-refractivity contribution in [2.45, 2.75) is 38.0 Å². The van der Waals surface area contributed by atoms with Crippen molar-refractivity contribution in [1.29, 1.82) is 0 Å². The van der Waals surface area contributed by atoms with Gasteiger partial charge in [-0.1, -0.05) is 19.8 Å². The predicted molar refractivity (Wildman–Crippen MR) is 45.0 cm³/mol. The summed E-state index contributed by atoms with van der Waals surface area (Å²) in [6.45, 7) is 2.03. The summed E-state index contributed by atoms with van der Waals surface area (Å²) in [6, 6.07) is 0. The van der Waals surface area contributed by atoms with Crippen molar-refractivity contribution >= 4 is 9.84 Å². The average Bonchev–Trinajstić information content (AvgIpc) is 1.86. The zero-order valence-corrected chi connectivity index (χ0v) is 7.89. The van der Waals surface area contributed by atoms with E-state index in [9.17, 15) is 8.42 Å². The quantitative estimate of drug-likeness (QED) is 0.640. The highest BCUT2D eigenvalue weighted by Gasteiger charge is 2.15. The Balaban J connectivity index is 3.62. The average molecular weight is 180 g/mol. The van der Waals surface area contributed by atoms with Gasteiger partial charge in [-0.05, 0) is 12.8 Å². The summed E-state index contributed by atoms with van der Waals surface area (Å²) in [5.41, 5.74) is -1.16. The second kappa shape index (κ2) is 4.72. The summed E-state index contributed by atoms with van der Waals surface area (Å²) in [6.07, 6.45) is 4.23. The largest absolute Gasteiger partial charge is 0.377 e. The molecule has 1 N–H and O–H groups in total. The molecule has 1 unspecified atom stereocenters. The first-order chi connectivity index (χ1) is 4.98. The van der Waals surface area contributed by atoms with Gasteiger partial charge in [0.1, 0.15) is 0 Å². The van der Waals surface area contributed by atoms with Crippen LogP contribution in [0.5, 0.6) is 0 Å². The lowest BCUT2D eigenvalue weighted by Gasteiger charge is -2.06. The first kappa shape index (κ1) is 10.9. The van der Waals surface area contributed by atoms with Crippen LogP contribution in [0.4, 0.5) is 0 Å². The first-order valence-electron chi connectivity index (χ1n) is 3.85. The van der Waals surface area contributed by atoms with Crippen LogP contribution in [-0.2, 0) is 9.84 Å². The van der Waals surface area contributed by atoms with E-state index in [1.807, 2.05) is 6.92 Å². The minimum absolute atomic E-state index is 0.368. The van der Waals surface area contributed by atoms with Crippen molar-refractivity contribution in [3.8, 4) is 0 Å². The maximum atomic E-state index is 10.7. The van der Waals surface area contributed by atoms with Gasteiger partial charge in [-0.3, -0.25) is 0 Å². The third-order valence-electron chi connectivity index (χ3n) is 1.55. The van der Waals surface area contributed by atoms with Crippen LogP contribution in [0.2, 0.25) is 0 Å². The Kier molecular flexibility index (Phi) is 4.68. The predicted octanol–water partition coefficient (Wildman–Crippen LogP) is 0.930. The van der Waals surface area contributed by atoms with Gasteiger partial charge in [0, 0.05) is 6.26 Å². The molecule has 0 saturated heterocycles. The van der Waals surface area contributed by atoms with E-state index in [4.69, 9.17) is 5.11 Å². The van der Waals surface area contributed by atoms with Crippen molar-refractivity contribution in [1.82, 2.24) is 0 Å². The molecule has 0 radical (unpaired) electrons. The summed E-state index contributed by atoms with van der Waals surface area (Å²) in [5.74, 6) is 0. The van der Waals surface area contributed by atoms with Crippen molar-refractivity contribution in [2.24, 2.45) is 0 Å². The number of unbranched alkanes of at least 4 members (excludes halogenated alkanes) is 2. The number of hydrogen-bond donors (Lipinski definition) is 1. The monoisotopic (exact) mass is 180 g/mol. The molecule has 0 amide bonds. The molecule has 0 aliphatic carbocycles. The normalized spacial score (nSPS) is 14.8. The molecule has 11 heavy (non-hydrogen) atoms. The molecule has 0 spiro atoms. The molecule has 0 aromatic heterocycles. The van der Waals surface area contributed by atoms with Crippen LogP contribution >= 0.6 is 0 Å². The van der Waals surface area contributed by atoms with E-state index in [-0.39, 0.29) is 0 Å². The Morgan fingerprint density at radius 3 is 2.27 bits per heavy atom. The summed E-state index contributed by atoms with van der Waals surface area (Å²) >= 11 is 0. The number of sulfone groups is 1.